The van der Waals surface area contributed by atoms with Gasteiger partial charge in [0.1, 0.15) is 17.5 Å². The topological polar surface area (TPSA) is 74.7 Å². The number of ether oxygens (including phenoxy) is 1. The molecule has 2 N–H and O–H groups in total. The van der Waals surface area contributed by atoms with Crippen molar-refractivity contribution in [2.24, 2.45) is 0 Å². The Balaban J connectivity index is 1.34. The number of aliphatic hydroxyl groups is 1. The number of carbonyl (C=O) groups is 1. The number of β-amino-alcohol motifs (C(OH)–C–C–N with tert-alkyl or cyclic N) is 1. The Labute approximate surface area is 178 Å². The fourth-order valence-corrected chi connectivity index (χ4v) is 4.70. The molecule has 4 rings (SSSR count). The van der Waals surface area contributed by atoms with Gasteiger partial charge in [0.05, 0.1) is 16.8 Å². The fraction of sp³-hybridized carbons (Fsp3) is 0.333. The maximum absolute atomic E-state index is 12.5. The Morgan fingerprint density at radius 3 is 2.93 bits per heavy atom. The van der Waals surface area contributed by atoms with Gasteiger partial charge in [-0.15, -0.1) is 0 Å². The van der Waals surface area contributed by atoms with Gasteiger partial charge in [0, 0.05) is 18.1 Å². The van der Waals surface area contributed by atoms with Crippen molar-refractivity contribution in [3.05, 3.63) is 53.6 Å². The lowest BCUT2D eigenvalue weighted by atomic mass is 9.91. The van der Waals surface area contributed by atoms with E-state index in [1.165, 1.54) is 11.3 Å². The number of amides is 1. The first kappa shape index (κ1) is 20.1. The second-order valence-corrected chi connectivity index (χ2v) is 8.92. The SMILES string of the molecule is C[C@]1(O)CN(CC(=O)Nc2nc3ccc(Cl)cc3s2)CC[C@@H]1Oc1ccccc1. The van der Waals surface area contributed by atoms with Crippen LogP contribution in [0, 0.1) is 0 Å². The summed E-state index contributed by atoms with van der Waals surface area (Å²) in [5, 5.41) is 14.9. The molecule has 1 amide bonds. The zero-order chi connectivity index (χ0) is 20.4. The number of halogens is 1. The average molecular weight is 432 g/mol. The zero-order valence-electron chi connectivity index (χ0n) is 16.0. The summed E-state index contributed by atoms with van der Waals surface area (Å²) in [6.45, 7) is 2.96. The molecule has 1 aliphatic heterocycles. The van der Waals surface area contributed by atoms with Gasteiger partial charge in [-0.3, -0.25) is 9.69 Å². The molecule has 1 fully saturated rings. The van der Waals surface area contributed by atoms with Crippen LogP contribution < -0.4 is 10.1 Å². The lowest BCUT2D eigenvalue weighted by Gasteiger charge is -2.42. The normalized spacial score (nSPS) is 22.5. The highest BCUT2D eigenvalue weighted by molar-refractivity contribution is 7.22. The Morgan fingerprint density at radius 2 is 2.17 bits per heavy atom. The van der Waals surface area contributed by atoms with Crippen molar-refractivity contribution in [2.45, 2.75) is 25.0 Å². The summed E-state index contributed by atoms with van der Waals surface area (Å²) in [5.41, 5.74) is -0.252. The van der Waals surface area contributed by atoms with Gasteiger partial charge in [0.15, 0.2) is 5.13 Å². The standard InChI is InChI=1S/C21H22ClN3O3S/c1-21(27)13-25(10-9-18(21)28-15-5-3-2-4-6-15)12-19(26)24-20-23-16-8-7-14(22)11-17(16)29-20/h2-8,11,18,27H,9-10,12-13H2,1H3,(H,23,24,26)/t18-,21-/m0/s1. The monoisotopic (exact) mass is 431 g/mol. The maximum Gasteiger partial charge on any atom is 0.240 e. The second-order valence-electron chi connectivity index (χ2n) is 7.46. The molecule has 1 aromatic heterocycles. The first-order valence-corrected chi connectivity index (χ1v) is 10.6. The van der Waals surface area contributed by atoms with Crippen LogP contribution in [0.25, 0.3) is 10.2 Å². The van der Waals surface area contributed by atoms with Crippen LogP contribution >= 0.6 is 22.9 Å². The number of hydrogen-bond donors (Lipinski definition) is 2. The van der Waals surface area contributed by atoms with Crippen LogP contribution in [0.15, 0.2) is 48.5 Å². The minimum Gasteiger partial charge on any atom is -0.487 e. The zero-order valence-corrected chi connectivity index (χ0v) is 17.5. The summed E-state index contributed by atoms with van der Waals surface area (Å²) in [6, 6.07) is 14.9. The Bertz CT molecular complexity index is 1010. The summed E-state index contributed by atoms with van der Waals surface area (Å²) in [6.07, 6.45) is 0.313. The van der Waals surface area contributed by atoms with E-state index in [1.807, 2.05) is 47.4 Å². The summed E-state index contributed by atoms with van der Waals surface area (Å²) in [5.74, 6) is 0.577. The van der Waals surface area contributed by atoms with Crippen molar-refractivity contribution >= 4 is 44.2 Å². The van der Waals surface area contributed by atoms with Crippen LogP contribution in [-0.4, -0.2) is 52.2 Å². The third-order valence-electron chi connectivity index (χ3n) is 4.93. The number of nitrogens with zero attached hydrogens (tertiary/aromatic N) is 2. The number of benzene rings is 2. The number of hydrogen-bond acceptors (Lipinski definition) is 6. The smallest absolute Gasteiger partial charge is 0.240 e. The Hall–Kier alpha value is -2.19. The highest BCUT2D eigenvalue weighted by Gasteiger charge is 2.40. The minimum absolute atomic E-state index is 0.159. The van der Waals surface area contributed by atoms with E-state index in [0.717, 1.165) is 16.0 Å². The molecule has 1 saturated heterocycles. The van der Waals surface area contributed by atoms with Crippen molar-refractivity contribution in [2.75, 3.05) is 25.0 Å². The first-order valence-electron chi connectivity index (χ1n) is 9.41. The summed E-state index contributed by atoms with van der Waals surface area (Å²) >= 11 is 7.39. The molecule has 2 heterocycles. The van der Waals surface area contributed by atoms with E-state index in [0.29, 0.717) is 29.7 Å². The molecular weight excluding hydrogens is 410 g/mol. The highest BCUT2D eigenvalue weighted by atomic mass is 35.5. The number of aromatic nitrogens is 1. The van der Waals surface area contributed by atoms with Gasteiger partial charge in [-0.1, -0.05) is 41.1 Å². The quantitative estimate of drug-likeness (QED) is 0.642. The fourth-order valence-electron chi connectivity index (χ4n) is 3.54. The van der Waals surface area contributed by atoms with Gasteiger partial charge in [0.25, 0.3) is 0 Å². The molecule has 0 radical (unpaired) electrons. The van der Waals surface area contributed by atoms with E-state index in [4.69, 9.17) is 16.3 Å². The van der Waals surface area contributed by atoms with Crippen LogP contribution in [0.1, 0.15) is 13.3 Å². The number of fused-ring (bicyclic) bond motifs is 1. The number of piperidine rings is 1. The third kappa shape index (κ3) is 4.87. The maximum atomic E-state index is 12.5. The number of rotatable bonds is 5. The molecule has 0 unspecified atom stereocenters. The predicted octanol–water partition coefficient (Wildman–Crippen LogP) is 3.79. The Kier molecular flexibility index (Phi) is 5.74. The number of carbonyl (C=O) groups excluding carboxylic acids is 1. The molecule has 3 aromatic rings. The average Bonchev–Trinajstić information content (AvgIpc) is 3.05. The van der Waals surface area contributed by atoms with Crippen molar-refractivity contribution < 1.29 is 14.6 Å². The molecule has 1 aliphatic rings. The molecule has 2 aromatic carbocycles. The molecular formula is C21H22ClN3O3S. The van der Waals surface area contributed by atoms with Gasteiger partial charge in [-0.05, 0) is 43.7 Å². The van der Waals surface area contributed by atoms with Crippen LogP contribution in [0.4, 0.5) is 5.13 Å². The molecule has 0 saturated carbocycles. The lowest BCUT2D eigenvalue weighted by molar-refractivity contribution is -0.123. The van der Waals surface area contributed by atoms with E-state index < -0.39 is 5.60 Å². The lowest BCUT2D eigenvalue weighted by Crippen LogP contribution is -2.58. The second kappa shape index (κ2) is 8.28. The first-order chi connectivity index (χ1) is 13.9. The summed E-state index contributed by atoms with van der Waals surface area (Å²) in [4.78, 5) is 18.8. The largest absolute Gasteiger partial charge is 0.487 e. The molecule has 152 valence electrons. The predicted molar refractivity (Wildman–Crippen MR) is 116 cm³/mol. The molecule has 0 spiro atoms. The highest BCUT2D eigenvalue weighted by Crippen LogP contribution is 2.29. The van der Waals surface area contributed by atoms with Crippen LogP contribution in [-0.2, 0) is 4.79 Å². The van der Waals surface area contributed by atoms with Gasteiger partial charge in [-0.25, -0.2) is 4.98 Å². The van der Waals surface area contributed by atoms with Crippen molar-refractivity contribution in [1.82, 2.24) is 9.88 Å². The van der Waals surface area contributed by atoms with Crippen LogP contribution in [0.3, 0.4) is 0 Å². The van der Waals surface area contributed by atoms with E-state index in [-0.39, 0.29) is 18.6 Å². The number of anilines is 1. The van der Waals surface area contributed by atoms with Gasteiger partial charge in [0.2, 0.25) is 5.91 Å². The van der Waals surface area contributed by atoms with Gasteiger partial charge < -0.3 is 15.2 Å². The van der Waals surface area contributed by atoms with Crippen molar-refractivity contribution in [3.63, 3.8) is 0 Å². The van der Waals surface area contributed by atoms with E-state index in [1.54, 1.807) is 13.0 Å². The number of para-hydroxylation sites is 1. The third-order valence-corrected chi connectivity index (χ3v) is 6.10. The summed E-state index contributed by atoms with van der Waals surface area (Å²) in [7, 11) is 0. The van der Waals surface area contributed by atoms with Gasteiger partial charge in [-0.2, -0.15) is 0 Å². The van der Waals surface area contributed by atoms with Crippen LogP contribution in [0.2, 0.25) is 5.02 Å². The van der Waals surface area contributed by atoms with Crippen molar-refractivity contribution in [1.29, 1.82) is 0 Å². The summed E-state index contributed by atoms with van der Waals surface area (Å²) < 4.78 is 6.89. The van der Waals surface area contributed by atoms with E-state index in [2.05, 4.69) is 10.3 Å². The minimum atomic E-state index is -1.05. The number of thiazole rings is 1. The van der Waals surface area contributed by atoms with E-state index in [9.17, 15) is 9.90 Å². The van der Waals surface area contributed by atoms with Crippen LogP contribution in [0.5, 0.6) is 5.75 Å². The molecule has 29 heavy (non-hydrogen) atoms. The number of likely N-dealkylation sites (tertiary alicyclic amines) is 1. The number of nitrogens with one attached hydrogen (secondary N) is 1. The molecule has 6 nitrogen and oxygen atoms in total. The Morgan fingerprint density at radius 1 is 1.38 bits per heavy atom. The van der Waals surface area contributed by atoms with Crippen molar-refractivity contribution in [3.8, 4) is 5.75 Å². The van der Waals surface area contributed by atoms with E-state index >= 15 is 0 Å². The molecule has 2 atom stereocenters. The molecule has 0 aliphatic carbocycles. The molecule has 8 heteroatoms. The van der Waals surface area contributed by atoms with Gasteiger partial charge >= 0.3 is 0 Å². The molecule has 0 bridgehead atoms.